The van der Waals surface area contributed by atoms with Gasteiger partial charge in [-0.25, -0.2) is 9.67 Å². The Balaban J connectivity index is 1.35. The highest BCUT2D eigenvalue weighted by atomic mass is 16.5. The van der Waals surface area contributed by atoms with Gasteiger partial charge in [-0.1, -0.05) is 31.2 Å². The molecule has 5 rings (SSSR count). The van der Waals surface area contributed by atoms with E-state index in [2.05, 4.69) is 20.7 Å². The van der Waals surface area contributed by atoms with E-state index in [1.807, 2.05) is 44.2 Å². The van der Waals surface area contributed by atoms with Crippen LogP contribution in [0.3, 0.4) is 0 Å². The molecule has 2 aromatic heterocycles. The van der Waals surface area contributed by atoms with Crippen molar-refractivity contribution in [2.24, 2.45) is 7.05 Å². The first-order chi connectivity index (χ1) is 20.7. The predicted molar refractivity (Wildman–Crippen MR) is 164 cm³/mol. The number of anilines is 3. The number of amides is 2. The lowest BCUT2D eigenvalue weighted by Crippen LogP contribution is -2.40. The summed E-state index contributed by atoms with van der Waals surface area (Å²) >= 11 is 0. The van der Waals surface area contributed by atoms with E-state index >= 15 is 0 Å². The Bertz CT molecular complexity index is 1680. The lowest BCUT2D eigenvalue weighted by molar-refractivity contribution is 0.0302. The summed E-state index contributed by atoms with van der Waals surface area (Å²) in [5, 5.41) is 19.9. The van der Waals surface area contributed by atoms with Crippen LogP contribution in [0.15, 0.2) is 71.7 Å². The van der Waals surface area contributed by atoms with Gasteiger partial charge in [-0.15, -0.1) is 0 Å². The Morgan fingerprint density at radius 2 is 1.74 bits per heavy atom. The maximum atomic E-state index is 13.0. The van der Waals surface area contributed by atoms with Crippen LogP contribution in [0.2, 0.25) is 0 Å². The zero-order chi connectivity index (χ0) is 30.5. The molecule has 0 bridgehead atoms. The Morgan fingerprint density at radius 1 is 1.02 bits per heavy atom. The predicted octanol–water partition coefficient (Wildman–Crippen LogP) is 3.71. The molecule has 1 unspecified atom stereocenters. The number of hydrogen-bond acceptors (Lipinski definition) is 8. The number of ether oxygens (including phenoxy) is 1. The quantitative estimate of drug-likeness (QED) is 0.286. The minimum Gasteiger partial charge on any atom is -0.396 e. The molecule has 11 nitrogen and oxygen atoms in total. The smallest absolute Gasteiger partial charge is 0.290 e. The second-order valence-corrected chi connectivity index (χ2v) is 10.5. The number of aliphatic hydroxyl groups excluding tert-OH is 1. The third kappa shape index (κ3) is 6.63. The standard InChI is InChI=1S/C32H34N6O5/c1-20(19-39)22-7-9-23(10-8-22)30(40)35-26-6-4-5-25(21(26)2)27-17-28(32(42)37(3)36-27)34-29-12-11-24(18-33-29)31(41)38-13-15-43-16-14-38/h4-12,17-18,20,39H,13-16,19H2,1-3H3,(H,33,34)(H,35,40). The van der Waals surface area contributed by atoms with Crippen molar-refractivity contribution in [3.8, 4) is 11.3 Å². The molecule has 11 heteroatoms. The first kappa shape index (κ1) is 29.6. The fraction of sp³-hybridized carbons (Fsp3) is 0.281. The molecular weight excluding hydrogens is 548 g/mol. The van der Waals surface area contributed by atoms with Gasteiger partial charge in [-0.2, -0.15) is 5.10 Å². The second kappa shape index (κ2) is 13.0. The Kier molecular flexibility index (Phi) is 8.93. The summed E-state index contributed by atoms with van der Waals surface area (Å²) in [6, 6.07) is 17.6. The largest absolute Gasteiger partial charge is 0.396 e. The lowest BCUT2D eigenvalue weighted by Gasteiger charge is -2.26. The summed E-state index contributed by atoms with van der Waals surface area (Å²) in [5.41, 5.74) is 4.48. The lowest BCUT2D eigenvalue weighted by atomic mass is 10.00. The number of hydrogen-bond donors (Lipinski definition) is 3. The first-order valence-corrected chi connectivity index (χ1v) is 14.1. The van der Waals surface area contributed by atoms with E-state index < -0.39 is 0 Å². The average molecular weight is 583 g/mol. The number of carbonyl (C=O) groups excluding carboxylic acids is 2. The summed E-state index contributed by atoms with van der Waals surface area (Å²) in [6.45, 7) is 5.94. The number of nitrogens with zero attached hydrogens (tertiary/aromatic N) is 4. The number of aryl methyl sites for hydroxylation is 1. The highest BCUT2D eigenvalue weighted by Gasteiger charge is 2.19. The van der Waals surface area contributed by atoms with E-state index in [1.54, 1.807) is 42.3 Å². The van der Waals surface area contributed by atoms with Crippen LogP contribution in [0.1, 0.15) is 44.7 Å². The van der Waals surface area contributed by atoms with Crippen molar-refractivity contribution in [2.75, 3.05) is 43.5 Å². The normalized spacial score (nSPS) is 13.8. The van der Waals surface area contributed by atoms with Crippen molar-refractivity contribution in [2.45, 2.75) is 19.8 Å². The van der Waals surface area contributed by atoms with Crippen molar-refractivity contribution >= 4 is 29.0 Å². The van der Waals surface area contributed by atoms with Crippen LogP contribution in [-0.2, 0) is 11.8 Å². The molecule has 1 aliphatic heterocycles. The minimum absolute atomic E-state index is 0.00976. The van der Waals surface area contributed by atoms with E-state index in [9.17, 15) is 19.5 Å². The summed E-state index contributed by atoms with van der Waals surface area (Å²) in [7, 11) is 1.57. The van der Waals surface area contributed by atoms with Gasteiger partial charge in [-0.05, 0) is 54.4 Å². The molecule has 2 aromatic carbocycles. The van der Waals surface area contributed by atoms with Crippen LogP contribution in [0.25, 0.3) is 11.3 Å². The van der Waals surface area contributed by atoms with E-state index in [0.717, 1.165) is 16.7 Å². The fourth-order valence-electron chi connectivity index (χ4n) is 4.82. The van der Waals surface area contributed by atoms with Crippen LogP contribution < -0.4 is 16.2 Å². The Labute approximate surface area is 249 Å². The average Bonchev–Trinajstić information content (AvgIpc) is 3.04. The van der Waals surface area contributed by atoms with Crippen LogP contribution >= 0.6 is 0 Å². The molecular formula is C32H34N6O5. The van der Waals surface area contributed by atoms with Crippen LogP contribution in [0.5, 0.6) is 0 Å². The fourth-order valence-corrected chi connectivity index (χ4v) is 4.82. The minimum atomic E-state index is -0.347. The molecule has 222 valence electrons. The molecule has 0 saturated carbocycles. The van der Waals surface area contributed by atoms with Crippen LogP contribution in [-0.4, -0.2) is 69.5 Å². The third-order valence-electron chi connectivity index (χ3n) is 7.51. The SMILES string of the molecule is Cc1c(NC(=O)c2ccc(C(C)CO)cc2)cccc1-c1cc(Nc2ccc(C(=O)N3CCOCC3)cn2)c(=O)n(C)n1. The molecule has 1 atom stereocenters. The molecule has 43 heavy (non-hydrogen) atoms. The Hall–Kier alpha value is -4.87. The molecule has 1 aliphatic rings. The van der Waals surface area contributed by atoms with Gasteiger partial charge in [0.25, 0.3) is 17.4 Å². The summed E-state index contributed by atoms with van der Waals surface area (Å²) in [6.07, 6.45) is 1.49. The zero-order valence-corrected chi connectivity index (χ0v) is 24.3. The molecule has 0 spiro atoms. The molecule has 0 radical (unpaired) electrons. The van der Waals surface area contributed by atoms with E-state index in [1.165, 1.54) is 10.9 Å². The van der Waals surface area contributed by atoms with Gasteiger partial charge in [-0.3, -0.25) is 14.4 Å². The number of morpholine rings is 1. The van der Waals surface area contributed by atoms with Crippen LogP contribution in [0.4, 0.5) is 17.2 Å². The van der Waals surface area contributed by atoms with Crippen molar-refractivity contribution < 1.29 is 19.4 Å². The third-order valence-corrected chi connectivity index (χ3v) is 7.51. The molecule has 1 saturated heterocycles. The number of carbonyl (C=O) groups is 2. The maximum absolute atomic E-state index is 13.0. The van der Waals surface area contributed by atoms with Crippen molar-refractivity contribution in [1.29, 1.82) is 0 Å². The van der Waals surface area contributed by atoms with Crippen molar-refractivity contribution in [3.63, 3.8) is 0 Å². The zero-order valence-electron chi connectivity index (χ0n) is 24.3. The maximum Gasteiger partial charge on any atom is 0.290 e. The topological polar surface area (TPSA) is 139 Å². The number of nitrogens with one attached hydrogen (secondary N) is 2. The van der Waals surface area contributed by atoms with Gasteiger partial charge in [0.2, 0.25) is 0 Å². The highest BCUT2D eigenvalue weighted by Crippen LogP contribution is 2.29. The molecule has 1 fully saturated rings. The van der Waals surface area contributed by atoms with E-state index in [4.69, 9.17) is 4.74 Å². The van der Waals surface area contributed by atoms with Gasteiger partial charge >= 0.3 is 0 Å². The van der Waals surface area contributed by atoms with Gasteiger partial charge < -0.3 is 25.4 Å². The number of benzene rings is 2. The van der Waals surface area contributed by atoms with E-state index in [-0.39, 0.29) is 35.6 Å². The first-order valence-electron chi connectivity index (χ1n) is 14.1. The molecule has 3 N–H and O–H groups in total. The number of pyridine rings is 1. The number of aromatic nitrogens is 3. The van der Waals surface area contributed by atoms with Gasteiger partial charge in [0.1, 0.15) is 11.5 Å². The van der Waals surface area contributed by atoms with Crippen molar-refractivity contribution in [3.05, 3.63) is 99.5 Å². The van der Waals surface area contributed by atoms with E-state index in [0.29, 0.717) is 54.6 Å². The highest BCUT2D eigenvalue weighted by molar-refractivity contribution is 6.05. The molecule has 4 aromatic rings. The number of aliphatic hydroxyl groups is 1. The van der Waals surface area contributed by atoms with Gasteiger partial charge in [0, 0.05) is 55.7 Å². The Morgan fingerprint density at radius 3 is 2.42 bits per heavy atom. The summed E-state index contributed by atoms with van der Waals surface area (Å²) in [4.78, 5) is 44.8. The molecule has 3 heterocycles. The second-order valence-electron chi connectivity index (χ2n) is 10.5. The van der Waals surface area contributed by atoms with Crippen molar-refractivity contribution in [1.82, 2.24) is 19.7 Å². The van der Waals surface area contributed by atoms with Gasteiger partial charge in [0.05, 0.1) is 24.5 Å². The summed E-state index contributed by atoms with van der Waals surface area (Å²) in [5.74, 6) is 0.0236. The molecule has 0 aliphatic carbocycles. The van der Waals surface area contributed by atoms with Gasteiger partial charge in [0.15, 0.2) is 0 Å². The monoisotopic (exact) mass is 582 g/mol. The van der Waals surface area contributed by atoms with Crippen LogP contribution in [0, 0.1) is 6.92 Å². The molecule has 2 amide bonds. The summed E-state index contributed by atoms with van der Waals surface area (Å²) < 4.78 is 6.56. The number of rotatable bonds is 8.